The van der Waals surface area contributed by atoms with Crippen molar-refractivity contribution in [2.75, 3.05) is 37.0 Å². The number of aromatic nitrogens is 3. The number of hydrogen-bond acceptors (Lipinski definition) is 13. The lowest BCUT2D eigenvalue weighted by Crippen LogP contribution is -2.32. The van der Waals surface area contributed by atoms with Crippen molar-refractivity contribution in [3.05, 3.63) is 53.8 Å². The van der Waals surface area contributed by atoms with Crippen LogP contribution in [0.1, 0.15) is 6.42 Å². The molecular weight excluding hydrogens is 592 g/mol. The second-order valence-electron chi connectivity index (χ2n) is 8.66. The van der Waals surface area contributed by atoms with E-state index in [9.17, 15) is 28.0 Å². The molecule has 1 amide bonds. The lowest BCUT2D eigenvalue weighted by molar-refractivity contribution is -0.117. The van der Waals surface area contributed by atoms with Gasteiger partial charge in [0.05, 0.1) is 19.4 Å². The van der Waals surface area contributed by atoms with Gasteiger partial charge in [0.2, 0.25) is 23.1 Å². The fourth-order valence-corrected chi connectivity index (χ4v) is 4.64. The molecule has 0 unspecified atom stereocenters. The number of anilines is 3. The summed E-state index contributed by atoms with van der Waals surface area (Å²) in [6.45, 7) is -0.0307. The summed E-state index contributed by atoms with van der Waals surface area (Å²) in [6, 6.07) is 12.1. The molecule has 0 atom stereocenters. The zero-order chi connectivity index (χ0) is 30.4. The van der Waals surface area contributed by atoms with Crippen LogP contribution in [0.15, 0.2) is 63.7 Å². The lowest BCUT2D eigenvalue weighted by atomic mass is 10.1. The van der Waals surface area contributed by atoms with Gasteiger partial charge in [0.25, 0.3) is 10.1 Å². The summed E-state index contributed by atoms with van der Waals surface area (Å²) < 4.78 is 39.4. The number of carbonyl (C=O) groups excluding carboxylic acids is 1. The number of nitrogens with one attached hydrogen (secondary N) is 1. The predicted molar refractivity (Wildman–Crippen MR) is 154 cm³/mol. The van der Waals surface area contributed by atoms with Gasteiger partial charge in [-0.05, 0) is 65.5 Å². The number of rotatable bonds is 12. The van der Waals surface area contributed by atoms with Crippen molar-refractivity contribution in [3.63, 3.8) is 0 Å². The average molecular weight is 617 g/mol. The third-order valence-electron chi connectivity index (χ3n) is 5.80. The Labute approximate surface area is 244 Å². The number of aliphatic hydroxyl groups is 1. The van der Waals surface area contributed by atoms with E-state index in [2.05, 4.69) is 30.5 Å². The fourth-order valence-electron chi connectivity index (χ4n) is 3.82. The van der Waals surface area contributed by atoms with E-state index >= 15 is 0 Å². The number of phenolic OH excluding ortho intramolecular Hbond substituents is 1. The second-order valence-corrected chi connectivity index (χ2v) is 10.4. The maximum absolute atomic E-state index is 12.2. The number of fused-ring (bicyclic) bond motifs is 1. The number of aliphatic hydroxyl groups excluding tert-OH is 1. The molecule has 0 saturated carbocycles. The number of primary amides is 1. The number of carbonyl (C=O) groups is 1. The third kappa shape index (κ3) is 7.35. The highest BCUT2D eigenvalue weighted by Gasteiger charge is 2.22. The monoisotopic (exact) mass is 616 g/mol. The van der Waals surface area contributed by atoms with Crippen molar-refractivity contribution in [3.8, 4) is 11.5 Å². The van der Waals surface area contributed by atoms with Crippen molar-refractivity contribution in [1.82, 2.24) is 15.0 Å². The summed E-state index contributed by atoms with van der Waals surface area (Å²) in [5.41, 5.74) is 5.48. The average Bonchev–Trinajstić information content (AvgIpc) is 2.94. The Balaban J connectivity index is 1.70. The second kappa shape index (κ2) is 12.9. The summed E-state index contributed by atoms with van der Waals surface area (Å²) in [4.78, 5) is 24.4. The molecule has 0 radical (unpaired) electrons. The summed E-state index contributed by atoms with van der Waals surface area (Å²) in [5.74, 6) is -0.428. The molecule has 220 valence electrons. The van der Waals surface area contributed by atoms with Crippen LogP contribution < -0.4 is 20.7 Å². The van der Waals surface area contributed by atoms with E-state index in [-0.39, 0.29) is 54.1 Å². The Morgan fingerprint density at radius 2 is 1.83 bits per heavy atom. The van der Waals surface area contributed by atoms with E-state index in [0.29, 0.717) is 17.1 Å². The van der Waals surface area contributed by atoms with Crippen LogP contribution in [0, 0.1) is 0 Å². The highest BCUT2D eigenvalue weighted by Crippen LogP contribution is 2.42. The molecule has 0 fully saturated rings. The van der Waals surface area contributed by atoms with E-state index in [1.54, 1.807) is 30.3 Å². The first-order valence-corrected chi connectivity index (χ1v) is 14.0. The smallest absolute Gasteiger partial charge is 0.296 e. The first kappa shape index (κ1) is 30.3. The number of benzene rings is 3. The molecule has 4 aromatic rings. The maximum atomic E-state index is 12.2. The van der Waals surface area contributed by atoms with Crippen molar-refractivity contribution in [2.24, 2.45) is 16.0 Å². The first-order valence-electron chi connectivity index (χ1n) is 12.1. The molecule has 6 N–H and O–H groups in total. The minimum atomic E-state index is -4.84. The zero-order valence-electron chi connectivity index (χ0n) is 22.0. The molecule has 0 aliphatic rings. The van der Waals surface area contributed by atoms with E-state index in [1.807, 2.05) is 0 Å². The van der Waals surface area contributed by atoms with Crippen LogP contribution in [0.5, 0.6) is 11.5 Å². The van der Waals surface area contributed by atoms with Crippen molar-refractivity contribution in [2.45, 2.75) is 11.3 Å². The number of amides is 1. The van der Waals surface area contributed by atoms with Crippen LogP contribution in [0.3, 0.4) is 0 Å². The molecule has 15 nitrogen and oxygen atoms in total. The van der Waals surface area contributed by atoms with Crippen molar-refractivity contribution < 1.29 is 32.7 Å². The zero-order valence-corrected chi connectivity index (χ0v) is 23.5. The van der Waals surface area contributed by atoms with Crippen LogP contribution in [-0.4, -0.2) is 70.8 Å². The normalized spacial score (nSPS) is 11.6. The minimum absolute atomic E-state index is 0.00417. The summed E-state index contributed by atoms with van der Waals surface area (Å²) in [5, 5.41) is 31.4. The van der Waals surface area contributed by atoms with Crippen LogP contribution in [-0.2, 0) is 14.9 Å². The Hall–Kier alpha value is -4.64. The molecule has 0 bridgehead atoms. The number of nitrogens with zero attached hydrogens (tertiary/aromatic N) is 6. The number of azo groups is 1. The minimum Gasteiger partial charge on any atom is -0.505 e. The maximum Gasteiger partial charge on any atom is 0.296 e. The Morgan fingerprint density at radius 3 is 2.48 bits per heavy atom. The number of halogens is 1. The SMILES string of the molecule is COc1ccc(N=Nc2c(S(=O)(=O)O)cc3cc(Nc4nc(Cl)nc(N(CCO)CCC(N)=O)n4)ccc3c2O)cc1. The van der Waals surface area contributed by atoms with Crippen LogP contribution >= 0.6 is 11.6 Å². The molecule has 0 spiro atoms. The highest BCUT2D eigenvalue weighted by molar-refractivity contribution is 7.86. The van der Waals surface area contributed by atoms with Gasteiger partial charge in [-0.1, -0.05) is 0 Å². The number of phenols is 1. The predicted octanol–water partition coefficient (Wildman–Crippen LogP) is 3.47. The number of aromatic hydroxyl groups is 1. The van der Waals surface area contributed by atoms with E-state index in [1.165, 1.54) is 24.1 Å². The van der Waals surface area contributed by atoms with Crippen LogP contribution in [0.25, 0.3) is 10.8 Å². The van der Waals surface area contributed by atoms with E-state index in [0.717, 1.165) is 6.07 Å². The lowest BCUT2D eigenvalue weighted by Gasteiger charge is -2.21. The van der Waals surface area contributed by atoms with Gasteiger partial charge in [-0.25, -0.2) is 0 Å². The number of nitrogens with two attached hydrogens (primary N) is 1. The van der Waals surface area contributed by atoms with E-state index in [4.69, 9.17) is 22.1 Å². The summed E-state index contributed by atoms with van der Waals surface area (Å²) in [7, 11) is -3.33. The molecule has 1 heterocycles. The standard InChI is InChI=1S/C25H25ClN8O7S/c1-41-17-5-2-15(3-6-17)32-33-21-19(42(38,39)40)13-14-12-16(4-7-18(14)22(21)37)28-24-29-23(26)30-25(31-24)34(10-11-35)9-8-20(27)36/h2-7,12-13,35,37H,8-11H2,1H3,(H2,27,36)(H,38,39,40)(H,28,29,30,31). The van der Waals surface area contributed by atoms with Crippen LogP contribution in [0.2, 0.25) is 5.28 Å². The quantitative estimate of drug-likeness (QED) is 0.114. The molecule has 0 saturated heterocycles. The van der Waals surface area contributed by atoms with Gasteiger partial charge in [0, 0.05) is 30.6 Å². The summed E-state index contributed by atoms with van der Waals surface area (Å²) in [6.07, 6.45) is -0.0159. The van der Waals surface area contributed by atoms with Crippen LogP contribution in [0.4, 0.5) is 29.0 Å². The molecular formula is C25H25ClN8O7S. The molecule has 4 rings (SSSR count). The van der Waals surface area contributed by atoms with Gasteiger partial charge in [0.1, 0.15) is 16.3 Å². The Kier molecular flexibility index (Phi) is 9.31. The Morgan fingerprint density at radius 1 is 1.10 bits per heavy atom. The molecule has 0 aliphatic heterocycles. The van der Waals surface area contributed by atoms with Crippen molar-refractivity contribution >= 4 is 67.4 Å². The van der Waals surface area contributed by atoms with Gasteiger partial charge in [-0.15, -0.1) is 5.11 Å². The van der Waals surface area contributed by atoms with Gasteiger partial charge < -0.3 is 30.9 Å². The molecule has 42 heavy (non-hydrogen) atoms. The molecule has 3 aromatic carbocycles. The number of methoxy groups -OCH3 is 1. The Bertz CT molecular complexity index is 1750. The van der Waals surface area contributed by atoms with Crippen molar-refractivity contribution in [1.29, 1.82) is 0 Å². The number of ether oxygens (including phenoxy) is 1. The molecule has 17 heteroatoms. The molecule has 0 aliphatic carbocycles. The van der Waals surface area contributed by atoms with E-state index < -0.39 is 32.4 Å². The molecule has 1 aromatic heterocycles. The highest BCUT2D eigenvalue weighted by atomic mass is 35.5. The topological polar surface area (TPSA) is 226 Å². The van der Waals surface area contributed by atoms with Gasteiger partial charge in [-0.3, -0.25) is 9.35 Å². The first-order chi connectivity index (χ1) is 20.0. The fraction of sp³-hybridized carbons (Fsp3) is 0.200. The van der Waals surface area contributed by atoms with Gasteiger partial charge in [-0.2, -0.15) is 28.5 Å². The largest absolute Gasteiger partial charge is 0.505 e. The third-order valence-corrected chi connectivity index (χ3v) is 6.84. The van der Waals surface area contributed by atoms with Gasteiger partial charge >= 0.3 is 0 Å². The summed E-state index contributed by atoms with van der Waals surface area (Å²) >= 11 is 6.08. The number of hydrogen-bond donors (Lipinski definition) is 5. The van der Waals surface area contributed by atoms with Gasteiger partial charge in [0.15, 0.2) is 5.75 Å².